The average Bonchev–Trinajstić information content (AvgIpc) is 2.63. The second-order valence-electron chi connectivity index (χ2n) is 6.09. The molecule has 1 spiro atoms. The standard InChI is InChI=1S/C14H19O2.Hg/c1-10-4-6-14(9-10)7-5-11-8-12(15)2-3-13(11)16-14;/h3,10-11,15H,4-9H2,1H3;/t10-,11?,14?;/m0./s1. The molecule has 0 radical (unpaired) electrons. The number of rotatable bonds is 0. The molecule has 3 rings (SSSR count). The molecule has 2 aliphatic carbocycles. The number of allylic oxidation sites excluding steroid dienone is 4. The van der Waals surface area contributed by atoms with Gasteiger partial charge in [0.25, 0.3) is 0 Å². The maximum atomic E-state index is 9.84. The number of hydrogen-bond acceptors (Lipinski definition) is 2. The van der Waals surface area contributed by atoms with Crippen LogP contribution in [0.25, 0.3) is 0 Å². The fourth-order valence-corrected chi connectivity index (χ4v) is 4.94. The topological polar surface area (TPSA) is 29.5 Å². The number of hydrogen-bond donors (Lipinski definition) is 1. The van der Waals surface area contributed by atoms with E-state index in [9.17, 15) is 5.11 Å². The summed E-state index contributed by atoms with van der Waals surface area (Å²) in [6.45, 7) is 2.34. The first-order chi connectivity index (χ1) is 8.08. The molecular formula is C14H19HgO2. The van der Waals surface area contributed by atoms with Crippen LogP contribution in [0, 0.1) is 11.8 Å². The van der Waals surface area contributed by atoms with E-state index in [2.05, 4.69) is 13.0 Å². The molecule has 17 heavy (non-hydrogen) atoms. The van der Waals surface area contributed by atoms with Crippen molar-refractivity contribution in [1.29, 1.82) is 0 Å². The molecule has 0 aromatic carbocycles. The molecule has 1 heterocycles. The van der Waals surface area contributed by atoms with Crippen molar-refractivity contribution < 1.29 is 36.0 Å². The van der Waals surface area contributed by atoms with Crippen LogP contribution in [0.1, 0.15) is 45.4 Å². The third-order valence-electron chi connectivity index (χ3n) is 4.63. The minimum absolute atomic E-state index is 0.156. The van der Waals surface area contributed by atoms with Gasteiger partial charge in [0.15, 0.2) is 0 Å². The van der Waals surface area contributed by atoms with Gasteiger partial charge in [0.1, 0.15) is 0 Å². The summed E-state index contributed by atoms with van der Waals surface area (Å²) in [5.41, 5.74) is 0.156. The van der Waals surface area contributed by atoms with Crippen molar-refractivity contribution in [2.45, 2.75) is 51.0 Å². The van der Waals surface area contributed by atoms with E-state index >= 15 is 0 Å². The van der Waals surface area contributed by atoms with Crippen LogP contribution in [0.3, 0.4) is 0 Å². The summed E-state index contributed by atoms with van der Waals surface area (Å²) < 4.78 is 7.55. The SMILES string of the molecule is C[C@H]1CCC2(CCC3CC(O)=[C]([Hg])C=C3O2)C1. The van der Waals surface area contributed by atoms with Gasteiger partial charge in [-0.3, -0.25) is 0 Å². The molecule has 2 fully saturated rings. The van der Waals surface area contributed by atoms with Gasteiger partial charge in [-0.15, -0.1) is 0 Å². The van der Waals surface area contributed by atoms with Gasteiger partial charge in [-0.25, -0.2) is 0 Å². The maximum absolute atomic E-state index is 9.84. The number of ether oxygens (including phenoxy) is 1. The Kier molecular flexibility index (Phi) is 3.04. The molecule has 1 N–H and O–H groups in total. The molecule has 89 valence electrons. The predicted molar refractivity (Wildman–Crippen MR) is 61.9 cm³/mol. The molecule has 1 aliphatic heterocycles. The van der Waals surface area contributed by atoms with E-state index in [-0.39, 0.29) is 5.60 Å². The molecule has 2 unspecified atom stereocenters. The molecule has 3 atom stereocenters. The van der Waals surface area contributed by atoms with Crippen LogP contribution in [0.4, 0.5) is 0 Å². The monoisotopic (exact) mass is 421 g/mol. The van der Waals surface area contributed by atoms with Crippen LogP contribution in [-0.4, -0.2) is 10.7 Å². The third kappa shape index (κ3) is 2.18. The summed E-state index contributed by atoms with van der Waals surface area (Å²) in [6.07, 6.45) is 9.14. The molecule has 1 saturated carbocycles. The van der Waals surface area contributed by atoms with E-state index in [1.54, 1.807) is 0 Å². The molecular weight excluding hydrogens is 401 g/mol. The molecule has 2 nitrogen and oxygen atoms in total. The summed E-state index contributed by atoms with van der Waals surface area (Å²) in [5.74, 6) is 3.11. The summed E-state index contributed by atoms with van der Waals surface area (Å²) in [7, 11) is 0. The predicted octanol–water partition coefficient (Wildman–Crippen LogP) is 3.58. The molecule has 0 amide bonds. The molecule has 1 saturated heterocycles. The molecule has 0 bridgehead atoms. The number of aliphatic hydroxyl groups excluding tert-OH is 1. The Labute approximate surface area is 119 Å². The van der Waals surface area contributed by atoms with Crippen LogP contribution in [0.2, 0.25) is 0 Å². The van der Waals surface area contributed by atoms with Crippen LogP contribution in [0.15, 0.2) is 20.7 Å². The van der Waals surface area contributed by atoms with E-state index in [4.69, 9.17) is 4.74 Å². The zero-order valence-electron chi connectivity index (χ0n) is 10.5. The van der Waals surface area contributed by atoms with Crippen molar-refractivity contribution in [3.63, 3.8) is 0 Å². The van der Waals surface area contributed by atoms with Gasteiger partial charge in [0, 0.05) is 0 Å². The van der Waals surface area contributed by atoms with Crippen molar-refractivity contribution in [1.82, 2.24) is 0 Å². The number of aliphatic hydroxyl groups is 1. The molecule has 0 aromatic rings. The van der Waals surface area contributed by atoms with Crippen LogP contribution < -0.4 is 0 Å². The van der Waals surface area contributed by atoms with Crippen molar-refractivity contribution in [3.05, 3.63) is 20.7 Å². The van der Waals surface area contributed by atoms with Gasteiger partial charge >= 0.3 is 120 Å². The molecule has 3 heteroatoms. The summed E-state index contributed by atoms with van der Waals surface area (Å²) in [6, 6.07) is 0. The van der Waals surface area contributed by atoms with Crippen molar-refractivity contribution in [2.24, 2.45) is 11.8 Å². The quantitative estimate of drug-likeness (QED) is 0.608. The Morgan fingerprint density at radius 3 is 2.88 bits per heavy atom. The second-order valence-corrected chi connectivity index (χ2v) is 9.05. The van der Waals surface area contributed by atoms with Crippen molar-refractivity contribution >= 4 is 0 Å². The normalized spacial score (nSPS) is 41.2. The van der Waals surface area contributed by atoms with Gasteiger partial charge in [-0.1, -0.05) is 0 Å². The van der Waals surface area contributed by atoms with Crippen molar-refractivity contribution in [2.75, 3.05) is 0 Å². The Balaban J connectivity index is 1.83. The van der Waals surface area contributed by atoms with Crippen LogP contribution in [0.5, 0.6) is 0 Å². The van der Waals surface area contributed by atoms with E-state index < -0.39 is 0 Å². The molecule has 0 aromatic heterocycles. The first-order valence-corrected chi connectivity index (χ1v) is 9.47. The fourth-order valence-electron chi connectivity index (χ4n) is 3.60. The van der Waals surface area contributed by atoms with E-state index in [0.29, 0.717) is 37.8 Å². The fraction of sp³-hybridized carbons (Fsp3) is 0.714. The van der Waals surface area contributed by atoms with Gasteiger partial charge in [-0.2, -0.15) is 0 Å². The zero-order chi connectivity index (χ0) is 12.0. The van der Waals surface area contributed by atoms with E-state index in [0.717, 1.165) is 12.3 Å². The summed E-state index contributed by atoms with van der Waals surface area (Å²) in [4.78, 5) is 0. The van der Waals surface area contributed by atoms with Crippen LogP contribution in [-0.2, 0) is 30.9 Å². The summed E-state index contributed by atoms with van der Waals surface area (Å²) >= 11 is 0.495. The van der Waals surface area contributed by atoms with Crippen LogP contribution >= 0.6 is 0 Å². The summed E-state index contributed by atoms with van der Waals surface area (Å²) in [5, 5.41) is 9.84. The third-order valence-corrected chi connectivity index (χ3v) is 7.01. The second kappa shape index (κ2) is 4.29. The Hall–Kier alpha value is 0.0151. The Morgan fingerprint density at radius 2 is 2.18 bits per heavy atom. The van der Waals surface area contributed by atoms with Gasteiger partial charge < -0.3 is 0 Å². The van der Waals surface area contributed by atoms with Gasteiger partial charge in [0.2, 0.25) is 0 Å². The average molecular weight is 420 g/mol. The zero-order valence-corrected chi connectivity index (χ0v) is 16.0. The van der Waals surface area contributed by atoms with E-state index in [1.807, 2.05) is 0 Å². The Bertz CT molecular complexity index is 399. The number of fused-ring (bicyclic) bond motifs is 1. The van der Waals surface area contributed by atoms with Gasteiger partial charge in [-0.05, 0) is 0 Å². The first-order valence-electron chi connectivity index (χ1n) is 6.73. The van der Waals surface area contributed by atoms with Crippen molar-refractivity contribution in [3.8, 4) is 0 Å². The first kappa shape index (κ1) is 12.1. The molecule has 3 aliphatic rings. The Morgan fingerprint density at radius 1 is 1.41 bits per heavy atom. The van der Waals surface area contributed by atoms with E-state index in [1.165, 1.54) is 40.9 Å². The minimum atomic E-state index is 0.156. The van der Waals surface area contributed by atoms with Gasteiger partial charge in [0.05, 0.1) is 0 Å².